The van der Waals surface area contributed by atoms with Gasteiger partial charge in [-0.2, -0.15) is 8.78 Å². The summed E-state index contributed by atoms with van der Waals surface area (Å²) in [6, 6.07) is 12.6. The number of aryl methyl sites for hydroxylation is 1. The monoisotopic (exact) mass is 536 g/mol. The first-order chi connectivity index (χ1) is 18.0. The Kier molecular flexibility index (Phi) is 7.76. The van der Waals surface area contributed by atoms with Gasteiger partial charge in [-0.15, -0.1) is 0 Å². The molecule has 0 radical (unpaired) electrons. The zero-order valence-corrected chi connectivity index (χ0v) is 19.9. The Hall–Kier alpha value is -3.88. The lowest BCUT2D eigenvalue weighted by Crippen LogP contribution is -2.25. The van der Waals surface area contributed by atoms with Crippen molar-refractivity contribution in [2.45, 2.75) is 32.3 Å². The molecule has 1 nitrogen and oxygen atoms in total. The summed E-state index contributed by atoms with van der Waals surface area (Å²) in [4.78, 5) is 0. The van der Waals surface area contributed by atoms with E-state index in [4.69, 9.17) is 0 Å². The van der Waals surface area contributed by atoms with Gasteiger partial charge in [-0.25, -0.2) is 26.3 Å². The molecule has 0 saturated carbocycles. The second-order valence-corrected chi connectivity index (χ2v) is 8.63. The Labute approximate surface area is 213 Å². The molecule has 4 rings (SSSR count). The van der Waals surface area contributed by atoms with Gasteiger partial charge in [0, 0.05) is 17.7 Å². The zero-order chi connectivity index (χ0) is 27.6. The molecule has 4 aromatic carbocycles. The number of benzene rings is 4. The van der Waals surface area contributed by atoms with Crippen molar-refractivity contribution in [3.63, 3.8) is 0 Å². The minimum atomic E-state index is -4.74. The van der Waals surface area contributed by atoms with Gasteiger partial charge in [-0.3, -0.25) is 0 Å². The fourth-order valence-electron chi connectivity index (χ4n) is 3.97. The summed E-state index contributed by atoms with van der Waals surface area (Å²) in [6.45, 7) is 2.09. The summed E-state index contributed by atoms with van der Waals surface area (Å²) in [5.41, 5.74) is -0.124. The molecule has 38 heavy (non-hydrogen) atoms. The molecule has 0 aliphatic carbocycles. The summed E-state index contributed by atoms with van der Waals surface area (Å²) >= 11 is 0. The number of halogens is 8. The van der Waals surface area contributed by atoms with Crippen LogP contribution in [0.2, 0.25) is 0 Å². The molecule has 0 bridgehead atoms. The van der Waals surface area contributed by atoms with Crippen LogP contribution >= 0.6 is 0 Å². The van der Waals surface area contributed by atoms with E-state index in [1.165, 1.54) is 12.1 Å². The third-order valence-electron chi connectivity index (χ3n) is 5.92. The maximum Gasteiger partial charge on any atom is 0.432 e. The van der Waals surface area contributed by atoms with Crippen molar-refractivity contribution in [1.29, 1.82) is 0 Å². The molecular weight excluding hydrogens is 516 g/mol. The van der Waals surface area contributed by atoms with E-state index in [0.29, 0.717) is 23.3 Å². The van der Waals surface area contributed by atoms with Gasteiger partial charge in [0.05, 0.1) is 0 Å². The van der Waals surface area contributed by atoms with Gasteiger partial charge in [0.1, 0.15) is 28.8 Å². The van der Waals surface area contributed by atoms with Crippen LogP contribution in [-0.4, -0.2) is 0 Å². The normalized spacial score (nSPS) is 11.6. The standard InChI is InChI=1S/C29H20F8O/c1-2-3-4-16-5-7-17(8-6-16)18-9-10-21(22(30)11-18)19-12-23(31)27(24(32)13-19)29(36,37)38-20-14-25(33)28(35)26(34)15-20/h5-15H,2-4H2,1H3. The van der Waals surface area contributed by atoms with Crippen molar-refractivity contribution in [2.75, 3.05) is 0 Å². The molecule has 0 saturated heterocycles. The maximum absolute atomic E-state index is 14.9. The number of rotatable bonds is 8. The highest BCUT2D eigenvalue weighted by molar-refractivity contribution is 5.71. The highest BCUT2D eigenvalue weighted by atomic mass is 19.3. The molecule has 0 spiro atoms. The summed E-state index contributed by atoms with van der Waals surface area (Å²) in [7, 11) is 0. The van der Waals surface area contributed by atoms with Crippen LogP contribution in [0.15, 0.2) is 66.7 Å². The van der Waals surface area contributed by atoms with Crippen molar-refractivity contribution in [2.24, 2.45) is 0 Å². The largest absolute Gasteiger partial charge is 0.432 e. The van der Waals surface area contributed by atoms with Gasteiger partial charge >= 0.3 is 6.11 Å². The molecule has 0 aromatic heterocycles. The minimum Gasteiger partial charge on any atom is -0.429 e. The summed E-state index contributed by atoms with van der Waals surface area (Å²) in [5.74, 6) is -11.2. The Morgan fingerprint density at radius 3 is 1.74 bits per heavy atom. The van der Waals surface area contributed by atoms with E-state index in [-0.39, 0.29) is 23.3 Å². The van der Waals surface area contributed by atoms with Crippen LogP contribution < -0.4 is 4.74 Å². The molecule has 4 aromatic rings. The van der Waals surface area contributed by atoms with Crippen LogP contribution in [0.5, 0.6) is 5.75 Å². The van der Waals surface area contributed by atoms with Crippen LogP contribution in [0.25, 0.3) is 22.3 Å². The van der Waals surface area contributed by atoms with E-state index >= 15 is 0 Å². The van der Waals surface area contributed by atoms with Crippen molar-refractivity contribution in [3.05, 3.63) is 113 Å². The third kappa shape index (κ3) is 5.66. The zero-order valence-electron chi connectivity index (χ0n) is 19.9. The number of hydrogen-bond donors (Lipinski definition) is 0. The molecule has 0 amide bonds. The minimum absolute atomic E-state index is 0.103. The first kappa shape index (κ1) is 27.2. The lowest BCUT2D eigenvalue weighted by molar-refractivity contribution is -0.189. The summed E-state index contributed by atoms with van der Waals surface area (Å²) in [5, 5.41) is 0. The highest BCUT2D eigenvalue weighted by Crippen LogP contribution is 2.38. The van der Waals surface area contributed by atoms with Crippen molar-refractivity contribution in [3.8, 4) is 28.0 Å². The van der Waals surface area contributed by atoms with E-state index in [1.807, 2.05) is 24.3 Å². The van der Waals surface area contributed by atoms with Crippen molar-refractivity contribution < 1.29 is 39.9 Å². The van der Waals surface area contributed by atoms with Gasteiger partial charge < -0.3 is 4.74 Å². The highest BCUT2D eigenvalue weighted by Gasteiger charge is 2.41. The molecule has 0 aliphatic heterocycles. The Balaban J connectivity index is 1.61. The fourth-order valence-corrected chi connectivity index (χ4v) is 3.97. The van der Waals surface area contributed by atoms with Gasteiger partial charge in [0.2, 0.25) is 0 Å². The van der Waals surface area contributed by atoms with E-state index in [1.54, 1.807) is 0 Å². The molecule has 0 fully saturated rings. The van der Waals surface area contributed by atoms with Crippen molar-refractivity contribution >= 4 is 0 Å². The lowest BCUT2D eigenvalue weighted by Gasteiger charge is -2.20. The van der Waals surface area contributed by atoms with Gasteiger partial charge in [0.25, 0.3) is 0 Å². The topological polar surface area (TPSA) is 9.23 Å². The summed E-state index contributed by atoms with van der Waals surface area (Å²) in [6.07, 6.45) is -1.74. The predicted molar refractivity (Wildman–Crippen MR) is 127 cm³/mol. The second-order valence-electron chi connectivity index (χ2n) is 8.63. The van der Waals surface area contributed by atoms with Crippen LogP contribution in [0.1, 0.15) is 30.9 Å². The average molecular weight is 536 g/mol. The van der Waals surface area contributed by atoms with Crippen LogP contribution in [-0.2, 0) is 12.5 Å². The van der Waals surface area contributed by atoms with Gasteiger partial charge in [-0.05, 0) is 53.3 Å². The van der Waals surface area contributed by atoms with Gasteiger partial charge in [0.15, 0.2) is 17.5 Å². The Morgan fingerprint density at radius 2 is 1.18 bits per heavy atom. The lowest BCUT2D eigenvalue weighted by atomic mass is 9.97. The molecule has 0 atom stereocenters. The third-order valence-corrected chi connectivity index (χ3v) is 5.92. The Bertz CT molecular complexity index is 1420. The summed E-state index contributed by atoms with van der Waals surface area (Å²) < 4.78 is 117. The molecule has 0 heterocycles. The number of ether oxygens (including phenoxy) is 1. The molecule has 0 aliphatic rings. The molecular formula is C29H20F8O. The Morgan fingerprint density at radius 1 is 0.632 bits per heavy atom. The van der Waals surface area contributed by atoms with Crippen LogP contribution in [0.3, 0.4) is 0 Å². The maximum atomic E-state index is 14.9. The van der Waals surface area contributed by atoms with E-state index in [9.17, 15) is 35.1 Å². The number of alkyl halides is 2. The van der Waals surface area contributed by atoms with Crippen LogP contribution in [0, 0.1) is 34.9 Å². The first-order valence-corrected chi connectivity index (χ1v) is 11.6. The fraction of sp³-hybridized carbons (Fsp3) is 0.172. The number of hydrogen-bond acceptors (Lipinski definition) is 1. The second kappa shape index (κ2) is 10.8. The first-order valence-electron chi connectivity index (χ1n) is 11.6. The average Bonchev–Trinajstić information content (AvgIpc) is 2.85. The quantitative estimate of drug-likeness (QED) is 0.161. The van der Waals surface area contributed by atoms with Crippen molar-refractivity contribution in [1.82, 2.24) is 0 Å². The van der Waals surface area contributed by atoms with Crippen LogP contribution in [0.4, 0.5) is 35.1 Å². The number of unbranched alkanes of at least 4 members (excludes halogenated alkanes) is 1. The SMILES string of the molecule is CCCCc1ccc(-c2ccc(-c3cc(F)c(C(F)(F)Oc4cc(F)c(F)c(F)c4)c(F)c3)c(F)c2)cc1. The smallest absolute Gasteiger partial charge is 0.429 e. The predicted octanol–water partition coefficient (Wildman–Crippen LogP) is 9.33. The molecule has 0 unspecified atom stereocenters. The molecule has 198 valence electrons. The van der Waals surface area contributed by atoms with E-state index < -0.39 is 52.3 Å². The van der Waals surface area contributed by atoms with Gasteiger partial charge in [-0.1, -0.05) is 49.7 Å². The van der Waals surface area contributed by atoms with E-state index in [2.05, 4.69) is 11.7 Å². The van der Waals surface area contributed by atoms with E-state index in [0.717, 1.165) is 30.9 Å². The molecule has 9 heteroatoms. The molecule has 0 N–H and O–H groups in total.